The zero-order chi connectivity index (χ0) is 15.1. The number of aryl methyl sites for hydroxylation is 1. The largest absolute Gasteiger partial charge is 0.496 e. The maximum absolute atomic E-state index is 5.39. The van der Waals surface area contributed by atoms with Crippen molar-refractivity contribution in [3.05, 3.63) is 65.2 Å². The molecule has 0 aliphatic heterocycles. The molecule has 0 bridgehead atoms. The van der Waals surface area contributed by atoms with Crippen molar-refractivity contribution >= 4 is 0 Å². The van der Waals surface area contributed by atoms with E-state index in [-0.39, 0.29) is 0 Å². The number of para-hydroxylation sites is 1. The highest BCUT2D eigenvalue weighted by Crippen LogP contribution is 2.19. The smallest absolute Gasteiger partial charge is 0.123 e. The Labute approximate surface area is 128 Å². The fraction of sp³-hybridized carbons (Fsp3) is 0.368. The van der Waals surface area contributed by atoms with Gasteiger partial charge in [-0.05, 0) is 30.5 Å². The minimum atomic E-state index is 0.325. The van der Waals surface area contributed by atoms with Crippen LogP contribution in [0, 0.1) is 0 Å². The summed E-state index contributed by atoms with van der Waals surface area (Å²) in [4.78, 5) is 0. The first-order valence-electron chi connectivity index (χ1n) is 7.68. The van der Waals surface area contributed by atoms with E-state index in [2.05, 4.69) is 49.5 Å². The molecule has 0 spiro atoms. The molecular weight excluding hydrogens is 258 g/mol. The summed E-state index contributed by atoms with van der Waals surface area (Å²) in [5, 5.41) is 3.56. The summed E-state index contributed by atoms with van der Waals surface area (Å²) in [6, 6.07) is 17.4. The van der Waals surface area contributed by atoms with Gasteiger partial charge in [0.15, 0.2) is 0 Å². The van der Waals surface area contributed by atoms with Gasteiger partial charge in [0, 0.05) is 18.2 Å². The summed E-state index contributed by atoms with van der Waals surface area (Å²) in [7, 11) is 1.72. The summed E-state index contributed by atoms with van der Waals surface area (Å²) in [5.74, 6) is 0.940. The first-order valence-corrected chi connectivity index (χ1v) is 7.68. The van der Waals surface area contributed by atoms with Gasteiger partial charge in [-0.2, -0.15) is 0 Å². The monoisotopic (exact) mass is 283 g/mol. The molecule has 2 aromatic rings. The number of benzene rings is 2. The summed E-state index contributed by atoms with van der Waals surface area (Å²) in [6.45, 7) is 5.22. The van der Waals surface area contributed by atoms with Crippen LogP contribution in [-0.4, -0.2) is 7.11 Å². The average Bonchev–Trinajstić information content (AvgIpc) is 2.54. The number of nitrogens with one attached hydrogen (secondary N) is 1. The predicted octanol–water partition coefficient (Wildman–Crippen LogP) is 4.50. The zero-order valence-electron chi connectivity index (χ0n) is 13.2. The molecule has 0 aromatic heterocycles. The van der Waals surface area contributed by atoms with Crippen LogP contribution in [0.25, 0.3) is 0 Å². The van der Waals surface area contributed by atoms with Crippen molar-refractivity contribution in [2.75, 3.05) is 7.11 Å². The van der Waals surface area contributed by atoms with Gasteiger partial charge in [-0.15, -0.1) is 0 Å². The quantitative estimate of drug-likeness (QED) is 0.808. The number of hydrogen-bond donors (Lipinski definition) is 1. The minimum Gasteiger partial charge on any atom is -0.496 e. The maximum atomic E-state index is 5.39. The summed E-state index contributed by atoms with van der Waals surface area (Å²) < 4.78 is 5.39. The van der Waals surface area contributed by atoms with Crippen molar-refractivity contribution in [1.82, 2.24) is 5.32 Å². The minimum absolute atomic E-state index is 0.325. The highest BCUT2D eigenvalue weighted by atomic mass is 16.5. The van der Waals surface area contributed by atoms with Gasteiger partial charge in [0.05, 0.1) is 7.11 Å². The normalized spacial score (nSPS) is 12.1. The second-order valence-corrected chi connectivity index (χ2v) is 5.41. The van der Waals surface area contributed by atoms with Crippen LogP contribution in [0.4, 0.5) is 0 Å². The molecule has 1 atom stereocenters. The van der Waals surface area contributed by atoms with Crippen LogP contribution < -0.4 is 10.1 Å². The summed E-state index contributed by atoms with van der Waals surface area (Å²) in [6.07, 6.45) is 2.35. The van der Waals surface area contributed by atoms with Gasteiger partial charge in [0.25, 0.3) is 0 Å². The Hall–Kier alpha value is -1.80. The third-order valence-corrected chi connectivity index (χ3v) is 3.81. The highest BCUT2D eigenvalue weighted by molar-refractivity contribution is 5.33. The molecule has 1 N–H and O–H groups in total. The van der Waals surface area contributed by atoms with E-state index in [1.54, 1.807) is 7.11 Å². The Kier molecular flexibility index (Phi) is 5.82. The van der Waals surface area contributed by atoms with E-state index in [0.29, 0.717) is 6.04 Å². The number of ether oxygens (including phenoxy) is 1. The molecule has 0 fully saturated rings. The molecule has 0 saturated carbocycles. The molecule has 2 heteroatoms. The summed E-state index contributed by atoms with van der Waals surface area (Å²) >= 11 is 0. The van der Waals surface area contributed by atoms with Crippen LogP contribution in [0.3, 0.4) is 0 Å². The van der Waals surface area contributed by atoms with Crippen LogP contribution in [0.2, 0.25) is 0 Å². The lowest BCUT2D eigenvalue weighted by Gasteiger charge is -2.16. The van der Waals surface area contributed by atoms with E-state index in [0.717, 1.165) is 18.7 Å². The van der Waals surface area contributed by atoms with Crippen LogP contribution >= 0.6 is 0 Å². The molecule has 0 saturated heterocycles. The standard InChI is InChI=1S/C19H25NO/c1-4-7-16-10-12-17(13-11-16)15(2)20-14-18-8-5-6-9-19(18)21-3/h5-6,8-13,15,20H,4,7,14H2,1-3H3. The second-order valence-electron chi connectivity index (χ2n) is 5.41. The Balaban J connectivity index is 1.96. The first kappa shape index (κ1) is 15.6. The third-order valence-electron chi connectivity index (χ3n) is 3.81. The van der Waals surface area contributed by atoms with E-state index in [9.17, 15) is 0 Å². The Morgan fingerprint density at radius 2 is 1.76 bits per heavy atom. The van der Waals surface area contributed by atoms with Crippen molar-refractivity contribution in [3.8, 4) is 5.75 Å². The fourth-order valence-electron chi connectivity index (χ4n) is 2.49. The third kappa shape index (κ3) is 4.33. The van der Waals surface area contributed by atoms with Crippen LogP contribution in [0.1, 0.15) is 43.0 Å². The van der Waals surface area contributed by atoms with Crippen molar-refractivity contribution in [2.24, 2.45) is 0 Å². The van der Waals surface area contributed by atoms with Crippen LogP contribution in [-0.2, 0) is 13.0 Å². The Bertz CT molecular complexity index is 548. The molecule has 1 unspecified atom stereocenters. The predicted molar refractivity (Wildman–Crippen MR) is 88.7 cm³/mol. The van der Waals surface area contributed by atoms with Gasteiger partial charge in [-0.25, -0.2) is 0 Å². The molecule has 2 aromatic carbocycles. The fourth-order valence-corrected chi connectivity index (χ4v) is 2.49. The van der Waals surface area contributed by atoms with Crippen LogP contribution in [0.5, 0.6) is 5.75 Å². The molecule has 2 rings (SSSR count). The molecular formula is C19H25NO. The molecule has 0 heterocycles. The maximum Gasteiger partial charge on any atom is 0.123 e. The van der Waals surface area contributed by atoms with E-state index < -0.39 is 0 Å². The van der Waals surface area contributed by atoms with Gasteiger partial charge in [0.2, 0.25) is 0 Å². The number of methoxy groups -OCH3 is 1. The molecule has 21 heavy (non-hydrogen) atoms. The lowest BCUT2D eigenvalue weighted by molar-refractivity contribution is 0.406. The van der Waals surface area contributed by atoms with Gasteiger partial charge in [0.1, 0.15) is 5.75 Å². The van der Waals surface area contributed by atoms with E-state index in [4.69, 9.17) is 4.74 Å². The van der Waals surface area contributed by atoms with E-state index >= 15 is 0 Å². The van der Waals surface area contributed by atoms with Crippen LogP contribution in [0.15, 0.2) is 48.5 Å². The topological polar surface area (TPSA) is 21.3 Å². The molecule has 2 nitrogen and oxygen atoms in total. The van der Waals surface area contributed by atoms with Gasteiger partial charge >= 0.3 is 0 Å². The van der Waals surface area contributed by atoms with Gasteiger partial charge in [-0.1, -0.05) is 55.8 Å². The van der Waals surface area contributed by atoms with Crippen molar-refractivity contribution < 1.29 is 4.74 Å². The molecule has 0 aliphatic carbocycles. The van der Waals surface area contributed by atoms with Crippen molar-refractivity contribution in [3.63, 3.8) is 0 Å². The Morgan fingerprint density at radius 3 is 2.43 bits per heavy atom. The molecule has 0 radical (unpaired) electrons. The lowest BCUT2D eigenvalue weighted by Crippen LogP contribution is -2.18. The second kappa shape index (κ2) is 7.84. The molecule has 0 amide bonds. The summed E-state index contributed by atoms with van der Waals surface area (Å²) in [5.41, 5.74) is 3.93. The SMILES string of the molecule is CCCc1ccc(C(C)NCc2ccccc2OC)cc1. The van der Waals surface area contributed by atoms with Gasteiger partial charge < -0.3 is 10.1 Å². The highest BCUT2D eigenvalue weighted by Gasteiger charge is 2.07. The number of hydrogen-bond acceptors (Lipinski definition) is 2. The molecule has 0 aliphatic rings. The zero-order valence-corrected chi connectivity index (χ0v) is 13.2. The van der Waals surface area contributed by atoms with E-state index in [1.807, 2.05) is 18.2 Å². The molecule has 112 valence electrons. The Morgan fingerprint density at radius 1 is 1.05 bits per heavy atom. The van der Waals surface area contributed by atoms with Crippen molar-refractivity contribution in [1.29, 1.82) is 0 Å². The lowest BCUT2D eigenvalue weighted by atomic mass is 10.0. The van der Waals surface area contributed by atoms with E-state index in [1.165, 1.54) is 23.1 Å². The number of rotatable bonds is 7. The average molecular weight is 283 g/mol. The van der Waals surface area contributed by atoms with Crippen molar-refractivity contribution in [2.45, 2.75) is 39.3 Å². The first-order chi connectivity index (χ1) is 10.2. The van der Waals surface area contributed by atoms with Gasteiger partial charge in [-0.3, -0.25) is 0 Å².